The number of halogens is 4. The number of hydrogen-bond acceptors (Lipinski definition) is 1. The molecule has 0 N–H and O–H groups in total. The van der Waals surface area contributed by atoms with Gasteiger partial charge in [-0.2, -0.15) is 0 Å². The molecule has 2 aromatic carbocycles. The Bertz CT molecular complexity index is 572. The minimum atomic E-state index is -0.716. The highest BCUT2D eigenvalue weighted by Gasteiger charge is 2.13. The van der Waals surface area contributed by atoms with Crippen LogP contribution in [0.25, 0.3) is 0 Å². The standard InChI is InChI=1S/C13H8BrF3O/c14-11-4-5-12(16)10(13(11)17)7-18-9-3-1-2-8(15)6-9/h1-6H,7H2. The maximum atomic E-state index is 13.6. The quantitative estimate of drug-likeness (QED) is 0.760. The van der Waals surface area contributed by atoms with Gasteiger partial charge in [-0.3, -0.25) is 0 Å². The Kier molecular flexibility index (Phi) is 3.91. The van der Waals surface area contributed by atoms with E-state index < -0.39 is 17.5 Å². The summed E-state index contributed by atoms with van der Waals surface area (Å²) in [5.41, 5.74) is -0.200. The van der Waals surface area contributed by atoms with Gasteiger partial charge < -0.3 is 4.74 Å². The fraction of sp³-hybridized carbons (Fsp3) is 0.0769. The summed E-state index contributed by atoms with van der Waals surface area (Å²) < 4.78 is 45.2. The molecular weight excluding hydrogens is 309 g/mol. The second-order valence-electron chi connectivity index (χ2n) is 3.57. The summed E-state index contributed by atoms with van der Waals surface area (Å²) in [5.74, 6) is -1.67. The molecule has 0 aliphatic rings. The van der Waals surface area contributed by atoms with Crippen LogP contribution in [0.15, 0.2) is 40.9 Å². The van der Waals surface area contributed by atoms with Crippen LogP contribution < -0.4 is 4.74 Å². The van der Waals surface area contributed by atoms with Gasteiger partial charge >= 0.3 is 0 Å². The number of benzene rings is 2. The van der Waals surface area contributed by atoms with Gasteiger partial charge in [0.05, 0.1) is 10.0 Å². The van der Waals surface area contributed by atoms with Gasteiger partial charge in [-0.25, -0.2) is 13.2 Å². The van der Waals surface area contributed by atoms with Crippen molar-refractivity contribution in [1.82, 2.24) is 0 Å². The van der Waals surface area contributed by atoms with E-state index in [0.29, 0.717) is 0 Å². The van der Waals surface area contributed by atoms with Crippen molar-refractivity contribution in [3.63, 3.8) is 0 Å². The lowest BCUT2D eigenvalue weighted by molar-refractivity contribution is 0.291. The topological polar surface area (TPSA) is 9.23 Å². The summed E-state index contributed by atoms with van der Waals surface area (Å²) in [6, 6.07) is 7.78. The van der Waals surface area contributed by atoms with E-state index in [1.165, 1.54) is 24.3 Å². The first-order valence-electron chi connectivity index (χ1n) is 5.08. The summed E-state index contributed by atoms with van der Waals surface area (Å²) in [4.78, 5) is 0. The summed E-state index contributed by atoms with van der Waals surface area (Å²) in [7, 11) is 0. The highest BCUT2D eigenvalue weighted by Crippen LogP contribution is 2.23. The predicted octanol–water partition coefficient (Wildman–Crippen LogP) is 4.45. The van der Waals surface area contributed by atoms with Crippen molar-refractivity contribution in [3.8, 4) is 5.75 Å². The van der Waals surface area contributed by atoms with Crippen LogP contribution in [0.1, 0.15) is 5.56 Å². The van der Waals surface area contributed by atoms with E-state index in [-0.39, 0.29) is 22.4 Å². The van der Waals surface area contributed by atoms with Gasteiger partial charge in [0.1, 0.15) is 29.8 Å². The van der Waals surface area contributed by atoms with Crippen LogP contribution in [0.5, 0.6) is 5.75 Å². The molecule has 0 saturated carbocycles. The number of ether oxygens (including phenoxy) is 1. The second-order valence-corrected chi connectivity index (χ2v) is 4.42. The van der Waals surface area contributed by atoms with Gasteiger partial charge in [-0.1, -0.05) is 6.07 Å². The van der Waals surface area contributed by atoms with Crippen molar-refractivity contribution in [2.75, 3.05) is 0 Å². The minimum absolute atomic E-state index is 0.154. The SMILES string of the molecule is Fc1cccc(OCc2c(F)ccc(Br)c2F)c1. The Hall–Kier alpha value is -1.49. The molecule has 5 heteroatoms. The van der Waals surface area contributed by atoms with Crippen LogP contribution in [-0.4, -0.2) is 0 Å². The Balaban J connectivity index is 2.18. The Morgan fingerprint density at radius 1 is 1.06 bits per heavy atom. The first-order chi connectivity index (χ1) is 8.58. The highest BCUT2D eigenvalue weighted by molar-refractivity contribution is 9.10. The number of rotatable bonds is 3. The van der Waals surface area contributed by atoms with E-state index in [1.807, 2.05) is 0 Å². The molecule has 0 amide bonds. The molecule has 0 aliphatic heterocycles. The molecule has 0 radical (unpaired) electrons. The summed E-state index contributed by atoms with van der Waals surface area (Å²) in [5, 5.41) is 0. The van der Waals surface area contributed by atoms with Crippen molar-refractivity contribution in [3.05, 3.63) is 63.9 Å². The third kappa shape index (κ3) is 2.85. The average molecular weight is 317 g/mol. The third-order valence-corrected chi connectivity index (χ3v) is 2.93. The van der Waals surface area contributed by atoms with Gasteiger partial charge in [0.25, 0.3) is 0 Å². The summed E-state index contributed by atoms with van der Waals surface area (Å²) >= 11 is 2.96. The monoisotopic (exact) mass is 316 g/mol. The first kappa shape index (κ1) is 13.0. The molecule has 0 aromatic heterocycles. The van der Waals surface area contributed by atoms with E-state index >= 15 is 0 Å². The molecule has 18 heavy (non-hydrogen) atoms. The Morgan fingerprint density at radius 2 is 1.83 bits per heavy atom. The maximum absolute atomic E-state index is 13.6. The maximum Gasteiger partial charge on any atom is 0.146 e. The third-order valence-electron chi connectivity index (χ3n) is 2.32. The molecule has 0 heterocycles. The van der Waals surface area contributed by atoms with Crippen LogP contribution >= 0.6 is 15.9 Å². The molecule has 2 rings (SSSR count). The van der Waals surface area contributed by atoms with E-state index in [1.54, 1.807) is 0 Å². The predicted molar refractivity (Wildman–Crippen MR) is 64.8 cm³/mol. The van der Waals surface area contributed by atoms with Crippen molar-refractivity contribution < 1.29 is 17.9 Å². The van der Waals surface area contributed by atoms with Crippen LogP contribution in [0, 0.1) is 17.5 Å². The smallest absolute Gasteiger partial charge is 0.146 e. The molecule has 0 fully saturated rings. The Morgan fingerprint density at radius 3 is 2.56 bits per heavy atom. The van der Waals surface area contributed by atoms with Gasteiger partial charge in [0.2, 0.25) is 0 Å². The van der Waals surface area contributed by atoms with Crippen molar-refractivity contribution in [2.24, 2.45) is 0 Å². The molecular formula is C13H8BrF3O. The Labute approximate surface area is 110 Å². The zero-order chi connectivity index (χ0) is 13.1. The molecule has 94 valence electrons. The van der Waals surface area contributed by atoms with Crippen LogP contribution in [0.2, 0.25) is 0 Å². The molecule has 0 spiro atoms. The van der Waals surface area contributed by atoms with Crippen molar-refractivity contribution in [1.29, 1.82) is 0 Å². The van der Waals surface area contributed by atoms with Crippen molar-refractivity contribution in [2.45, 2.75) is 6.61 Å². The van der Waals surface area contributed by atoms with E-state index in [4.69, 9.17) is 4.74 Å². The summed E-state index contributed by atoms with van der Waals surface area (Å²) in [6.45, 7) is -0.305. The largest absolute Gasteiger partial charge is 0.489 e. The van der Waals surface area contributed by atoms with E-state index in [9.17, 15) is 13.2 Å². The van der Waals surface area contributed by atoms with E-state index in [2.05, 4.69) is 15.9 Å². The molecule has 0 bridgehead atoms. The fourth-order valence-corrected chi connectivity index (χ4v) is 1.79. The zero-order valence-corrected chi connectivity index (χ0v) is 10.7. The average Bonchev–Trinajstić information content (AvgIpc) is 2.34. The highest BCUT2D eigenvalue weighted by atomic mass is 79.9. The molecule has 0 atom stereocenters. The zero-order valence-electron chi connectivity index (χ0n) is 9.09. The second kappa shape index (κ2) is 5.44. The molecule has 0 aliphatic carbocycles. The van der Waals surface area contributed by atoms with Gasteiger partial charge in [0.15, 0.2) is 0 Å². The lowest BCUT2D eigenvalue weighted by atomic mass is 10.2. The molecule has 0 saturated heterocycles. The van der Waals surface area contributed by atoms with Gasteiger partial charge in [-0.05, 0) is 40.2 Å². The normalized spacial score (nSPS) is 10.4. The lowest BCUT2D eigenvalue weighted by Crippen LogP contribution is -2.02. The molecule has 1 nitrogen and oxygen atoms in total. The minimum Gasteiger partial charge on any atom is -0.489 e. The van der Waals surface area contributed by atoms with Crippen LogP contribution in [-0.2, 0) is 6.61 Å². The number of hydrogen-bond donors (Lipinski definition) is 0. The van der Waals surface area contributed by atoms with E-state index in [0.717, 1.165) is 12.1 Å². The molecule has 2 aromatic rings. The van der Waals surface area contributed by atoms with Gasteiger partial charge in [0, 0.05) is 6.07 Å². The van der Waals surface area contributed by atoms with Crippen molar-refractivity contribution >= 4 is 15.9 Å². The van der Waals surface area contributed by atoms with Gasteiger partial charge in [-0.15, -0.1) is 0 Å². The fourth-order valence-electron chi connectivity index (χ4n) is 1.41. The van der Waals surface area contributed by atoms with Crippen LogP contribution in [0.3, 0.4) is 0 Å². The first-order valence-corrected chi connectivity index (χ1v) is 5.88. The lowest BCUT2D eigenvalue weighted by Gasteiger charge is -2.09. The summed E-state index contributed by atoms with van der Waals surface area (Å²) in [6.07, 6.45) is 0. The molecule has 0 unspecified atom stereocenters. The van der Waals surface area contributed by atoms with Crippen LogP contribution in [0.4, 0.5) is 13.2 Å².